The van der Waals surface area contributed by atoms with E-state index in [1.54, 1.807) is 6.33 Å². The molecule has 1 N–H and O–H groups in total. The highest BCUT2D eigenvalue weighted by molar-refractivity contribution is 5.30. The minimum atomic E-state index is 1.10. The summed E-state index contributed by atoms with van der Waals surface area (Å²) in [6.45, 7) is 4.35. The fraction of sp³-hybridized carbons (Fsp3) is 0.400. The molecular formula is C15H20N2. The Hall–Kier alpha value is -1.57. The van der Waals surface area contributed by atoms with Crippen LogP contribution in [0, 0.1) is 13.8 Å². The van der Waals surface area contributed by atoms with Crippen molar-refractivity contribution in [2.45, 2.75) is 39.5 Å². The summed E-state index contributed by atoms with van der Waals surface area (Å²) in [5.74, 6) is 0. The van der Waals surface area contributed by atoms with E-state index in [9.17, 15) is 0 Å². The Kier molecular flexibility index (Phi) is 3.97. The van der Waals surface area contributed by atoms with E-state index in [1.165, 1.54) is 41.6 Å². The Balaban J connectivity index is 1.78. The predicted molar refractivity (Wildman–Crippen MR) is 71.1 cm³/mol. The maximum Gasteiger partial charge on any atom is 0.0921 e. The number of benzene rings is 1. The molecule has 2 rings (SSSR count). The van der Waals surface area contributed by atoms with Gasteiger partial charge in [0, 0.05) is 11.9 Å². The average Bonchev–Trinajstić information content (AvgIpc) is 2.79. The fourth-order valence-corrected chi connectivity index (χ4v) is 2.18. The first kappa shape index (κ1) is 11.9. The smallest absolute Gasteiger partial charge is 0.0921 e. The van der Waals surface area contributed by atoms with Crippen LogP contribution in [-0.2, 0) is 12.8 Å². The molecule has 0 unspecified atom stereocenters. The minimum Gasteiger partial charge on any atom is -0.348 e. The molecule has 17 heavy (non-hydrogen) atoms. The van der Waals surface area contributed by atoms with Crippen molar-refractivity contribution in [3.05, 3.63) is 53.1 Å². The first-order valence-corrected chi connectivity index (χ1v) is 6.29. The molecule has 1 aromatic heterocycles. The summed E-state index contributed by atoms with van der Waals surface area (Å²) in [4.78, 5) is 7.17. The molecule has 0 aliphatic rings. The Bertz CT molecular complexity index is 458. The number of aryl methyl sites for hydroxylation is 4. The van der Waals surface area contributed by atoms with Crippen LogP contribution in [0.25, 0.3) is 0 Å². The van der Waals surface area contributed by atoms with Crippen LogP contribution in [0.5, 0.6) is 0 Å². The van der Waals surface area contributed by atoms with Crippen molar-refractivity contribution in [3.63, 3.8) is 0 Å². The van der Waals surface area contributed by atoms with Gasteiger partial charge < -0.3 is 4.98 Å². The molecule has 0 atom stereocenters. The van der Waals surface area contributed by atoms with Crippen molar-refractivity contribution in [1.29, 1.82) is 0 Å². The third kappa shape index (κ3) is 3.45. The lowest BCUT2D eigenvalue weighted by Gasteiger charge is -2.06. The van der Waals surface area contributed by atoms with Crippen LogP contribution in [0.1, 0.15) is 35.2 Å². The molecule has 0 amide bonds. The maximum absolute atomic E-state index is 4.03. The van der Waals surface area contributed by atoms with Gasteiger partial charge in [0.15, 0.2) is 0 Å². The van der Waals surface area contributed by atoms with E-state index in [2.05, 4.69) is 42.0 Å². The molecule has 2 nitrogen and oxygen atoms in total. The zero-order valence-corrected chi connectivity index (χ0v) is 10.7. The molecular weight excluding hydrogens is 208 g/mol. The molecule has 0 aliphatic carbocycles. The van der Waals surface area contributed by atoms with Gasteiger partial charge in [-0.25, -0.2) is 4.98 Å². The van der Waals surface area contributed by atoms with Crippen LogP contribution in [0.15, 0.2) is 30.7 Å². The second-order valence-corrected chi connectivity index (χ2v) is 4.71. The van der Waals surface area contributed by atoms with Gasteiger partial charge in [0.2, 0.25) is 0 Å². The van der Waals surface area contributed by atoms with Gasteiger partial charge >= 0.3 is 0 Å². The van der Waals surface area contributed by atoms with Crippen LogP contribution < -0.4 is 0 Å². The van der Waals surface area contributed by atoms with Gasteiger partial charge in [0.25, 0.3) is 0 Å². The SMILES string of the molecule is Cc1ccc(CCCCc2cnc[nH]2)c(C)c1. The van der Waals surface area contributed by atoms with Crippen molar-refractivity contribution in [3.8, 4) is 0 Å². The van der Waals surface area contributed by atoms with E-state index in [0.717, 1.165) is 6.42 Å². The van der Waals surface area contributed by atoms with E-state index in [4.69, 9.17) is 0 Å². The zero-order valence-electron chi connectivity index (χ0n) is 10.7. The number of aromatic nitrogens is 2. The molecule has 0 saturated carbocycles. The monoisotopic (exact) mass is 228 g/mol. The average molecular weight is 228 g/mol. The summed E-state index contributed by atoms with van der Waals surface area (Å²) in [7, 11) is 0. The lowest BCUT2D eigenvalue weighted by Crippen LogP contribution is -1.92. The number of aromatic amines is 1. The number of nitrogens with one attached hydrogen (secondary N) is 1. The molecule has 90 valence electrons. The Morgan fingerprint density at radius 2 is 1.94 bits per heavy atom. The van der Waals surface area contributed by atoms with Gasteiger partial charge in [0.1, 0.15) is 0 Å². The molecule has 0 spiro atoms. The number of hydrogen-bond donors (Lipinski definition) is 1. The molecule has 2 heteroatoms. The lowest BCUT2D eigenvalue weighted by atomic mass is 10.00. The first-order valence-electron chi connectivity index (χ1n) is 6.29. The lowest BCUT2D eigenvalue weighted by molar-refractivity contribution is 0.723. The van der Waals surface area contributed by atoms with Crippen molar-refractivity contribution in [2.75, 3.05) is 0 Å². The number of imidazole rings is 1. The summed E-state index contributed by atoms with van der Waals surface area (Å²) in [5, 5.41) is 0. The van der Waals surface area contributed by atoms with E-state index >= 15 is 0 Å². The molecule has 0 aliphatic heterocycles. The number of nitrogens with zero attached hydrogens (tertiary/aromatic N) is 1. The van der Waals surface area contributed by atoms with Crippen molar-refractivity contribution >= 4 is 0 Å². The van der Waals surface area contributed by atoms with Crippen LogP contribution >= 0.6 is 0 Å². The number of rotatable bonds is 5. The van der Waals surface area contributed by atoms with Crippen LogP contribution in [0.2, 0.25) is 0 Å². The molecule has 0 fully saturated rings. The summed E-state index contributed by atoms with van der Waals surface area (Å²) in [5.41, 5.74) is 5.50. The van der Waals surface area contributed by atoms with Crippen molar-refractivity contribution in [1.82, 2.24) is 9.97 Å². The highest BCUT2D eigenvalue weighted by atomic mass is 14.9. The summed E-state index contributed by atoms with van der Waals surface area (Å²) in [6, 6.07) is 6.74. The second kappa shape index (κ2) is 5.67. The van der Waals surface area contributed by atoms with Crippen LogP contribution in [-0.4, -0.2) is 9.97 Å². The van der Waals surface area contributed by atoms with E-state index < -0.39 is 0 Å². The Labute approximate surface area is 103 Å². The summed E-state index contributed by atoms with van der Waals surface area (Å²) < 4.78 is 0. The normalized spacial score (nSPS) is 10.7. The summed E-state index contributed by atoms with van der Waals surface area (Å²) >= 11 is 0. The van der Waals surface area contributed by atoms with Gasteiger partial charge in [-0.1, -0.05) is 23.8 Å². The third-order valence-corrected chi connectivity index (χ3v) is 3.20. The largest absolute Gasteiger partial charge is 0.348 e. The van der Waals surface area contributed by atoms with Crippen molar-refractivity contribution < 1.29 is 0 Å². The minimum absolute atomic E-state index is 1.10. The molecule has 0 radical (unpaired) electrons. The third-order valence-electron chi connectivity index (χ3n) is 3.20. The van der Waals surface area contributed by atoms with Crippen molar-refractivity contribution in [2.24, 2.45) is 0 Å². The van der Waals surface area contributed by atoms with Crippen LogP contribution in [0.3, 0.4) is 0 Å². The zero-order chi connectivity index (χ0) is 12.1. The topological polar surface area (TPSA) is 28.7 Å². The molecule has 2 aromatic rings. The van der Waals surface area contributed by atoms with E-state index in [0.29, 0.717) is 0 Å². The first-order chi connectivity index (χ1) is 8.25. The standard InChI is InChI=1S/C15H20N2/c1-12-7-8-14(13(2)9-12)5-3-4-6-15-10-16-11-17-15/h7-11H,3-6H2,1-2H3,(H,16,17). The van der Waals surface area contributed by atoms with E-state index in [-0.39, 0.29) is 0 Å². The predicted octanol–water partition coefficient (Wildman–Crippen LogP) is 3.59. The highest BCUT2D eigenvalue weighted by Crippen LogP contribution is 2.14. The molecule has 0 saturated heterocycles. The summed E-state index contributed by atoms with van der Waals surface area (Å²) in [6.07, 6.45) is 8.40. The molecule has 1 heterocycles. The van der Waals surface area contributed by atoms with Gasteiger partial charge in [-0.2, -0.15) is 0 Å². The maximum atomic E-state index is 4.03. The quantitative estimate of drug-likeness (QED) is 0.778. The van der Waals surface area contributed by atoms with E-state index in [1.807, 2.05) is 6.20 Å². The van der Waals surface area contributed by atoms with Gasteiger partial charge in [-0.15, -0.1) is 0 Å². The Morgan fingerprint density at radius 1 is 1.12 bits per heavy atom. The highest BCUT2D eigenvalue weighted by Gasteiger charge is 1.99. The Morgan fingerprint density at radius 3 is 2.65 bits per heavy atom. The second-order valence-electron chi connectivity index (χ2n) is 4.71. The number of hydrogen-bond acceptors (Lipinski definition) is 1. The molecule has 1 aromatic carbocycles. The van der Waals surface area contributed by atoms with Gasteiger partial charge in [-0.3, -0.25) is 0 Å². The van der Waals surface area contributed by atoms with Gasteiger partial charge in [0.05, 0.1) is 6.33 Å². The number of H-pyrrole nitrogens is 1. The molecule has 0 bridgehead atoms. The number of unbranched alkanes of at least 4 members (excludes halogenated alkanes) is 1. The van der Waals surface area contributed by atoms with Crippen LogP contribution in [0.4, 0.5) is 0 Å². The van der Waals surface area contributed by atoms with Gasteiger partial charge in [-0.05, 0) is 50.7 Å². The fourth-order valence-electron chi connectivity index (χ4n) is 2.18.